The van der Waals surface area contributed by atoms with Crippen molar-refractivity contribution < 1.29 is 47.9 Å². The largest absolute Gasteiger partial charge is 0.507 e. The number of benzene rings is 3. The van der Waals surface area contributed by atoms with E-state index in [4.69, 9.17) is 33.2 Å². The molecule has 0 saturated heterocycles. The van der Waals surface area contributed by atoms with Gasteiger partial charge in [-0.3, -0.25) is 4.79 Å². The highest BCUT2D eigenvalue weighted by molar-refractivity contribution is 6.21. The minimum absolute atomic E-state index is 0.0488. The van der Waals surface area contributed by atoms with Gasteiger partial charge in [-0.2, -0.15) is 0 Å². The number of carbonyl (C=O) groups is 2. The molecule has 0 bridgehead atoms. The van der Waals surface area contributed by atoms with Crippen LogP contribution in [-0.2, 0) is 4.74 Å². The maximum atomic E-state index is 13.9. The molecule has 1 N–H and O–H groups in total. The van der Waals surface area contributed by atoms with E-state index in [0.717, 1.165) is 12.8 Å². The Labute approximate surface area is 240 Å². The molecule has 10 heteroatoms. The first-order chi connectivity index (χ1) is 19.7. The maximum absolute atomic E-state index is 13.9. The van der Waals surface area contributed by atoms with Crippen molar-refractivity contribution in [1.82, 2.24) is 0 Å². The van der Waals surface area contributed by atoms with Gasteiger partial charge < -0.3 is 38.3 Å². The average molecular weight is 571 g/mol. The zero-order chi connectivity index (χ0) is 30.4. The van der Waals surface area contributed by atoms with E-state index < -0.39 is 17.5 Å². The topological polar surface area (TPSA) is 119 Å². The quantitative estimate of drug-likeness (QED) is 0.192. The molecule has 0 aromatic heterocycles. The number of rotatable bonds is 13. The van der Waals surface area contributed by atoms with Gasteiger partial charge in [-0.15, -0.1) is 0 Å². The third kappa shape index (κ3) is 5.51. The lowest BCUT2D eigenvalue weighted by atomic mass is 9.84. The summed E-state index contributed by atoms with van der Waals surface area (Å²) in [5, 5.41) is 12.2. The summed E-state index contributed by atoms with van der Waals surface area (Å²) in [4.78, 5) is 27.5. The molecule has 0 saturated carbocycles. The summed E-state index contributed by atoms with van der Waals surface area (Å²) >= 11 is 0. The highest BCUT2D eigenvalue weighted by Crippen LogP contribution is 2.53. The Morgan fingerprint density at radius 2 is 1.22 bits per heavy atom. The first-order valence-corrected chi connectivity index (χ1v) is 13.1. The molecular formula is C31H38O10. The monoisotopic (exact) mass is 570 g/mol. The predicted molar refractivity (Wildman–Crippen MR) is 155 cm³/mol. The molecule has 0 radical (unpaired) electrons. The van der Waals surface area contributed by atoms with Crippen LogP contribution in [0, 0.1) is 5.92 Å². The van der Waals surface area contributed by atoms with Crippen molar-refractivity contribution in [2.45, 2.75) is 33.1 Å². The zero-order valence-corrected chi connectivity index (χ0v) is 25.1. The lowest BCUT2D eigenvalue weighted by Gasteiger charge is -2.23. The lowest BCUT2D eigenvalue weighted by molar-refractivity contribution is 0.0597. The fourth-order valence-electron chi connectivity index (χ4n) is 5.13. The number of Topliss-reactive ketones (excluding diaryl/α,β-unsaturated/α-hetero) is 1. The number of hydrogen-bond donors (Lipinski definition) is 1. The van der Waals surface area contributed by atoms with E-state index in [1.165, 1.54) is 49.8 Å². The molecule has 0 heterocycles. The van der Waals surface area contributed by atoms with Gasteiger partial charge in [-0.1, -0.05) is 26.7 Å². The van der Waals surface area contributed by atoms with Gasteiger partial charge in [0, 0.05) is 22.8 Å². The molecule has 0 amide bonds. The molecule has 3 aromatic rings. The second-order valence-electron chi connectivity index (χ2n) is 9.26. The number of phenols is 1. The Balaban J connectivity index is 2.71. The minimum Gasteiger partial charge on any atom is -0.507 e. The smallest absolute Gasteiger partial charge is 0.339 e. The number of carbonyl (C=O) groups excluding carboxylic acids is 2. The van der Waals surface area contributed by atoms with Crippen LogP contribution in [0.3, 0.4) is 0 Å². The SMILES string of the molecule is CCC(CC)CC(=O)c1c(C(=O)OC)c(-c2cc(OC)c(OC)c(OC)c2)c2c(OC)c(OC)c(OC)cc2c1O. The Bertz CT molecular complexity index is 1410. The van der Waals surface area contributed by atoms with Gasteiger partial charge >= 0.3 is 5.97 Å². The van der Waals surface area contributed by atoms with Crippen molar-refractivity contribution in [1.29, 1.82) is 0 Å². The van der Waals surface area contributed by atoms with Crippen LogP contribution in [0.2, 0.25) is 0 Å². The van der Waals surface area contributed by atoms with E-state index in [-0.39, 0.29) is 57.1 Å². The summed E-state index contributed by atoms with van der Waals surface area (Å²) < 4.78 is 38.8. The molecule has 0 aliphatic heterocycles. The predicted octanol–water partition coefficient (Wildman–Crippen LogP) is 6.06. The molecule has 3 rings (SSSR count). The van der Waals surface area contributed by atoms with Crippen LogP contribution in [-0.4, -0.2) is 66.6 Å². The van der Waals surface area contributed by atoms with E-state index in [2.05, 4.69) is 0 Å². The maximum Gasteiger partial charge on any atom is 0.339 e. The van der Waals surface area contributed by atoms with E-state index in [1.807, 2.05) is 13.8 Å². The molecule has 222 valence electrons. The van der Waals surface area contributed by atoms with E-state index in [0.29, 0.717) is 22.8 Å². The van der Waals surface area contributed by atoms with E-state index in [9.17, 15) is 14.7 Å². The normalized spacial score (nSPS) is 10.9. The van der Waals surface area contributed by atoms with Crippen molar-refractivity contribution in [2.24, 2.45) is 5.92 Å². The summed E-state index contributed by atoms with van der Waals surface area (Å²) in [5.41, 5.74) is 0.365. The molecule has 0 atom stereocenters. The van der Waals surface area contributed by atoms with Gasteiger partial charge in [-0.05, 0) is 29.7 Å². The van der Waals surface area contributed by atoms with Crippen LogP contribution in [0.1, 0.15) is 53.8 Å². The molecule has 3 aromatic carbocycles. The summed E-state index contributed by atoms with van der Waals surface area (Å²) in [5.74, 6) is 0.0278. The summed E-state index contributed by atoms with van der Waals surface area (Å²) in [7, 11) is 9.94. The standard InChI is InChI=1S/C31H38O10/c1-10-16(11-2)12-19(32)25-26(31(34)41-9)23(17-13-20(35-3)28(38-6)21(14-17)36-4)24-18(27(25)33)15-22(37-5)29(39-7)30(24)40-8/h13-16,33H,10-12H2,1-9H3. The van der Waals surface area contributed by atoms with E-state index >= 15 is 0 Å². The number of ether oxygens (including phenoxy) is 7. The Hall–Kier alpha value is -4.34. The average Bonchev–Trinajstić information content (AvgIpc) is 3.00. The van der Waals surface area contributed by atoms with Crippen LogP contribution in [0.15, 0.2) is 18.2 Å². The fraction of sp³-hybridized carbons (Fsp3) is 0.419. The van der Waals surface area contributed by atoms with Gasteiger partial charge in [0.2, 0.25) is 11.5 Å². The second kappa shape index (κ2) is 13.3. The number of phenolic OH excluding ortho intramolecular Hbond substituents is 1. The summed E-state index contributed by atoms with van der Waals surface area (Å²) in [6, 6.07) is 4.83. The van der Waals surface area contributed by atoms with Crippen LogP contribution in [0.5, 0.6) is 40.2 Å². The highest BCUT2D eigenvalue weighted by Gasteiger charge is 2.34. The van der Waals surface area contributed by atoms with Gasteiger partial charge in [0.1, 0.15) is 5.75 Å². The van der Waals surface area contributed by atoms with Crippen molar-refractivity contribution in [2.75, 3.05) is 49.8 Å². The Kier molecular flexibility index (Phi) is 10.2. The zero-order valence-electron chi connectivity index (χ0n) is 25.1. The molecule has 0 spiro atoms. The number of methoxy groups -OCH3 is 7. The highest BCUT2D eigenvalue weighted by atomic mass is 16.5. The number of ketones is 1. The summed E-state index contributed by atoms with van der Waals surface area (Å²) in [6.07, 6.45) is 1.63. The third-order valence-corrected chi connectivity index (χ3v) is 7.32. The van der Waals surface area contributed by atoms with Gasteiger partial charge in [0.25, 0.3) is 0 Å². The van der Waals surface area contributed by atoms with Gasteiger partial charge in [-0.25, -0.2) is 4.79 Å². The van der Waals surface area contributed by atoms with Crippen LogP contribution < -0.4 is 28.4 Å². The number of esters is 1. The molecule has 41 heavy (non-hydrogen) atoms. The Morgan fingerprint density at radius 3 is 1.66 bits per heavy atom. The van der Waals surface area contributed by atoms with Crippen molar-refractivity contribution in [3.63, 3.8) is 0 Å². The van der Waals surface area contributed by atoms with Crippen LogP contribution in [0.4, 0.5) is 0 Å². The van der Waals surface area contributed by atoms with Crippen molar-refractivity contribution in [3.8, 4) is 51.4 Å². The van der Waals surface area contributed by atoms with Crippen LogP contribution in [0.25, 0.3) is 21.9 Å². The number of hydrogen-bond acceptors (Lipinski definition) is 10. The molecule has 0 fully saturated rings. The molecule has 0 aliphatic rings. The second-order valence-corrected chi connectivity index (χ2v) is 9.26. The minimum atomic E-state index is -0.823. The molecule has 0 aliphatic carbocycles. The molecule has 10 nitrogen and oxygen atoms in total. The molecular weight excluding hydrogens is 532 g/mol. The van der Waals surface area contributed by atoms with E-state index in [1.54, 1.807) is 18.2 Å². The van der Waals surface area contributed by atoms with Gasteiger partial charge in [0.15, 0.2) is 28.8 Å². The van der Waals surface area contributed by atoms with Gasteiger partial charge in [0.05, 0.1) is 60.9 Å². The molecule has 0 unspecified atom stereocenters. The first kappa shape index (κ1) is 31.2. The third-order valence-electron chi connectivity index (χ3n) is 7.32. The fourth-order valence-corrected chi connectivity index (χ4v) is 5.13. The number of aromatic hydroxyl groups is 1. The Morgan fingerprint density at radius 1 is 0.707 bits per heavy atom. The number of fused-ring (bicyclic) bond motifs is 1. The van der Waals surface area contributed by atoms with Crippen molar-refractivity contribution >= 4 is 22.5 Å². The first-order valence-electron chi connectivity index (χ1n) is 13.1. The summed E-state index contributed by atoms with van der Waals surface area (Å²) in [6.45, 7) is 3.98. The van der Waals surface area contributed by atoms with Crippen LogP contribution >= 0.6 is 0 Å². The van der Waals surface area contributed by atoms with Crippen molar-refractivity contribution in [3.05, 3.63) is 29.3 Å². The lowest BCUT2D eigenvalue weighted by Crippen LogP contribution is -2.16.